The van der Waals surface area contributed by atoms with E-state index in [9.17, 15) is 9.59 Å². The Morgan fingerprint density at radius 2 is 1.82 bits per heavy atom. The second-order valence-electron chi connectivity index (χ2n) is 12.4. The smallest absolute Gasteiger partial charge is 0.323 e. The van der Waals surface area contributed by atoms with Crippen molar-refractivity contribution in [3.63, 3.8) is 0 Å². The summed E-state index contributed by atoms with van der Waals surface area (Å²) in [4.78, 5) is 30.5. The van der Waals surface area contributed by atoms with E-state index < -0.39 is 15.9 Å². The molecular formula is C32H45NO4S2. The molecule has 5 unspecified atom stereocenters. The Labute approximate surface area is 245 Å². The molecule has 7 heteroatoms. The van der Waals surface area contributed by atoms with Gasteiger partial charge in [0.1, 0.15) is 10.3 Å². The number of esters is 2. The number of nitrogens with zero attached hydrogens (tertiary/aromatic N) is 1. The molecule has 0 aromatic heterocycles. The van der Waals surface area contributed by atoms with Crippen LogP contribution in [0.3, 0.4) is 0 Å². The van der Waals surface area contributed by atoms with E-state index in [0.717, 1.165) is 44.1 Å². The molecule has 2 saturated carbocycles. The molecule has 0 spiro atoms. The van der Waals surface area contributed by atoms with Crippen molar-refractivity contribution in [3.8, 4) is 0 Å². The molecule has 5 nitrogen and oxygen atoms in total. The lowest BCUT2D eigenvalue weighted by molar-refractivity contribution is -0.162. The van der Waals surface area contributed by atoms with Gasteiger partial charge in [-0.15, -0.1) is 0 Å². The van der Waals surface area contributed by atoms with Gasteiger partial charge >= 0.3 is 11.9 Å². The minimum absolute atomic E-state index is 0.146. The molecule has 0 radical (unpaired) electrons. The molecule has 3 rings (SSSR count). The summed E-state index contributed by atoms with van der Waals surface area (Å²) >= 11 is 7.07. The second kappa shape index (κ2) is 13.6. The molecule has 39 heavy (non-hydrogen) atoms. The summed E-state index contributed by atoms with van der Waals surface area (Å²) < 4.78 is 11.4. The van der Waals surface area contributed by atoms with Gasteiger partial charge in [0.15, 0.2) is 0 Å². The van der Waals surface area contributed by atoms with Crippen molar-refractivity contribution in [2.24, 2.45) is 17.8 Å². The van der Waals surface area contributed by atoms with E-state index in [0.29, 0.717) is 35.0 Å². The van der Waals surface area contributed by atoms with Crippen LogP contribution in [0, 0.1) is 24.3 Å². The number of benzene rings is 1. The molecule has 0 N–H and O–H groups in total. The SMILES string of the molecule is [C-]#[N+]C(C)(CCC(=O)OCC1CC(C)CC1C)CC(C)(SC(=S)c1ccccc1)C(=O)OC1(CC)CCCC1. The standard InChI is InChI=1S/C32H45NO4S2/c1-7-32(16-11-12-17-32)37-29(35)31(5,39-28(38)25-13-9-8-10-14-25)22-30(4,33-6)18-15-27(34)36-21-26-20-23(2)19-24(26)3/h8-10,13-14,23-24,26H,7,11-12,15-22H2,1-5H3. The molecule has 0 aliphatic heterocycles. The van der Waals surface area contributed by atoms with E-state index in [4.69, 9.17) is 28.3 Å². The Hall–Kier alpha value is -1.91. The van der Waals surface area contributed by atoms with Crippen LogP contribution in [-0.2, 0) is 19.1 Å². The van der Waals surface area contributed by atoms with Gasteiger partial charge in [0, 0.05) is 13.3 Å². The predicted molar refractivity (Wildman–Crippen MR) is 163 cm³/mol. The van der Waals surface area contributed by atoms with Crippen LogP contribution in [0.15, 0.2) is 30.3 Å². The first-order valence-corrected chi connectivity index (χ1v) is 15.7. The molecule has 0 bridgehead atoms. The maximum Gasteiger partial charge on any atom is 0.323 e. The van der Waals surface area contributed by atoms with Gasteiger partial charge in [-0.25, -0.2) is 6.57 Å². The lowest BCUT2D eigenvalue weighted by Gasteiger charge is -2.36. The predicted octanol–water partition coefficient (Wildman–Crippen LogP) is 8.19. The molecule has 5 atom stereocenters. The first kappa shape index (κ1) is 31.6. The number of carbonyl (C=O) groups excluding carboxylic acids is 2. The van der Waals surface area contributed by atoms with Gasteiger partial charge in [0.2, 0.25) is 5.54 Å². The van der Waals surface area contributed by atoms with E-state index in [1.165, 1.54) is 18.2 Å². The Kier molecular flexibility index (Phi) is 11.1. The van der Waals surface area contributed by atoms with Crippen LogP contribution in [0.1, 0.15) is 104 Å². The lowest BCUT2D eigenvalue weighted by Crippen LogP contribution is -2.45. The zero-order valence-electron chi connectivity index (χ0n) is 24.3. The third-order valence-electron chi connectivity index (χ3n) is 8.83. The molecule has 1 aromatic carbocycles. The number of rotatable bonds is 12. The van der Waals surface area contributed by atoms with Crippen LogP contribution < -0.4 is 0 Å². The summed E-state index contributed by atoms with van der Waals surface area (Å²) in [5, 5.41) is 0. The average molecular weight is 572 g/mol. The normalized spacial score (nSPS) is 25.2. The first-order valence-electron chi connectivity index (χ1n) is 14.5. The van der Waals surface area contributed by atoms with Crippen LogP contribution in [0.4, 0.5) is 0 Å². The van der Waals surface area contributed by atoms with Crippen LogP contribution >= 0.6 is 24.0 Å². The quantitative estimate of drug-likeness (QED) is 0.143. The largest absolute Gasteiger partial charge is 0.465 e. The number of thioether (sulfide) groups is 1. The molecule has 0 amide bonds. The highest BCUT2D eigenvalue weighted by molar-refractivity contribution is 8.25. The molecule has 214 valence electrons. The van der Waals surface area contributed by atoms with E-state index >= 15 is 0 Å². The lowest BCUT2D eigenvalue weighted by atomic mass is 9.85. The van der Waals surface area contributed by atoms with Crippen LogP contribution in [-0.4, -0.2) is 38.6 Å². The first-order chi connectivity index (χ1) is 18.4. The van der Waals surface area contributed by atoms with Gasteiger partial charge in [-0.3, -0.25) is 9.59 Å². The highest BCUT2D eigenvalue weighted by Crippen LogP contribution is 2.44. The summed E-state index contributed by atoms with van der Waals surface area (Å²) in [6, 6.07) is 9.64. The Bertz CT molecular complexity index is 1050. The zero-order valence-corrected chi connectivity index (χ0v) is 25.9. The minimum atomic E-state index is -1.07. The van der Waals surface area contributed by atoms with Crippen molar-refractivity contribution in [2.45, 2.75) is 115 Å². The van der Waals surface area contributed by atoms with Crippen molar-refractivity contribution < 1.29 is 19.1 Å². The van der Waals surface area contributed by atoms with Gasteiger partial charge < -0.3 is 14.3 Å². The summed E-state index contributed by atoms with van der Waals surface area (Å²) in [5.41, 5.74) is -0.525. The maximum absolute atomic E-state index is 13.9. The molecular weight excluding hydrogens is 526 g/mol. The van der Waals surface area contributed by atoms with Crippen molar-refractivity contribution in [3.05, 3.63) is 47.3 Å². The fraction of sp³-hybridized carbons (Fsp3) is 0.688. The Balaban J connectivity index is 1.71. The fourth-order valence-corrected chi connectivity index (χ4v) is 8.16. The number of hydrogen-bond donors (Lipinski definition) is 0. The van der Waals surface area contributed by atoms with Gasteiger partial charge in [-0.1, -0.05) is 75.1 Å². The Morgan fingerprint density at radius 1 is 1.15 bits per heavy atom. The molecule has 0 saturated heterocycles. The molecule has 1 aromatic rings. The second-order valence-corrected chi connectivity index (χ2v) is 14.6. The van der Waals surface area contributed by atoms with Crippen LogP contribution in [0.5, 0.6) is 0 Å². The maximum atomic E-state index is 13.9. The summed E-state index contributed by atoms with van der Waals surface area (Å²) in [6.45, 7) is 18.7. The van der Waals surface area contributed by atoms with Gasteiger partial charge in [-0.05, 0) is 75.2 Å². The molecule has 2 aliphatic carbocycles. The van der Waals surface area contributed by atoms with Gasteiger partial charge in [0.05, 0.1) is 23.6 Å². The van der Waals surface area contributed by atoms with Gasteiger partial charge in [-0.2, -0.15) is 0 Å². The minimum Gasteiger partial charge on any atom is -0.465 e. The topological polar surface area (TPSA) is 57.0 Å². The molecule has 2 aliphatic rings. The number of ether oxygens (including phenoxy) is 2. The van der Waals surface area contributed by atoms with E-state index in [2.05, 4.69) is 25.6 Å². The molecule has 2 fully saturated rings. The number of thiocarbonyl (C=S) groups is 1. The number of hydrogen-bond acceptors (Lipinski definition) is 6. The third kappa shape index (κ3) is 8.54. The van der Waals surface area contributed by atoms with Crippen molar-refractivity contribution in [1.29, 1.82) is 0 Å². The van der Waals surface area contributed by atoms with Crippen LogP contribution in [0.2, 0.25) is 0 Å². The highest BCUT2D eigenvalue weighted by Gasteiger charge is 2.50. The summed E-state index contributed by atoms with van der Waals surface area (Å²) in [5.74, 6) is 1.04. The average Bonchev–Trinajstić information content (AvgIpc) is 3.52. The van der Waals surface area contributed by atoms with E-state index in [1.54, 1.807) is 0 Å². The van der Waals surface area contributed by atoms with Crippen LogP contribution in [0.25, 0.3) is 4.85 Å². The summed E-state index contributed by atoms with van der Waals surface area (Å²) in [6.07, 6.45) is 7.55. The van der Waals surface area contributed by atoms with Crippen molar-refractivity contribution >= 4 is 40.1 Å². The Morgan fingerprint density at radius 3 is 2.38 bits per heavy atom. The molecule has 0 heterocycles. The number of carbonyl (C=O) groups is 2. The van der Waals surface area contributed by atoms with Crippen molar-refractivity contribution in [1.82, 2.24) is 0 Å². The monoisotopic (exact) mass is 571 g/mol. The fourth-order valence-electron chi connectivity index (χ4n) is 6.30. The van der Waals surface area contributed by atoms with E-state index in [1.807, 2.05) is 44.2 Å². The van der Waals surface area contributed by atoms with Crippen molar-refractivity contribution in [2.75, 3.05) is 6.61 Å². The van der Waals surface area contributed by atoms with Gasteiger partial charge in [0.25, 0.3) is 0 Å². The highest BCUT2D eigenvalue weighted by atomic mass is 32.2. The summed E-state index contributed by atoms with van der Waals surface area (Å²) in [7, 11) is 0. The zero-order chi connectivity index (χ0) is 28.7. The third-order valence-corrected chi connectivity index (χ3v) is 10.5. The van der Waals surface area contributed by atoms with E-state index in [-0.39, 0.29) is 24.8 Å².